The van der Waals surface area contributed by atoms with Crippen molar-refractivity contribution in [3.63, 3.8) is 0 Å². The number of Topliss-reactive ketones (excluding diaryl/α,β-unsaturated/α-hetero) is 1. The molecule has 1 N–H and O–H groups in total. The summed E-state index contributed by atoms with van der Waals surface area (Å²) in [6.45, 7) is -0.221. The summed E-state index contributed by atoms with van der Waals surface area (Å²) in [5.41, 5.74) is 0.625. The lowest BCUT2D eigenvalue weighted by Gasteiger charge is -2.12. The standard InChI is InChI=1S/C16H14Cl3NO3/c17-16(18,19)10-23-15(22)20-9-8-14(21)13-7-3-5-11-4-1-2-6-12(11)13/h1-7H,8-10H2,(H,20,22). The van der Waals surface area contributed by atoms with Crippen LogP contribution in [-0.4, -0.2) is 28.8 Å². The van der Waals surface area contributed by atoms with Gasteiger partial charge < -0.3 is 10.1 Å². The zero-order chi connectivity index (χ0) is 16.9. The van der Waals surface area contributed by atoms with E-state index in [1.54, 1.807) is 6.07 Å². The lowest BCUT2D eigenvalue weighted by molar-refractivity contribution is 0.0983. The Morgan fingerprint density at radius 2 is 1.74 bits per heavy atom. The largest absolute Gasteiger partial charge is 0.445 e. The molecule has 1 amide bonds. The highest BCUT2D eigenvalue weighted by atomic mass is 35.6. The summed E-state index contributed by atoms with van der Waals surface area (Å²) in [5, 5.41) is 4.33. The highest BCUT2D eigenvalue weighted by Crippen LogP contribution is 2.25. The van der Waals surface area contributed by atoms with Crippen LogP contribution in [0.25, 0.3) is 10.8 Å². The molecular formula is C16H14Cl3NO3. The molecule has 7 heteroatoms. The first kappa shape index (κ1) is 17.9. The summed E-state index contributed by atoms with van der Waals surface area (Å²) in [6, 6.07) is 13.2. The van der Waals surface area contributed by atoms with Crippen molar-refractivity contribution in [3.05, 3.63) is 48.0 Å². The van der Waals surface area contributed by atoms with E-state index >= 15 is 0 Å². The van der Waals surface area contributed by atoms with E-state index in [0.717, 1.165) is 10.8 Å². The van der Waals surface area contributed by atoms with Crippen LogP contribution in [0.3, 0.4) is 0 Å². The third-order valence-corrected chi connectivity index (χ3v) is 3.41. The number of benzene rings is 2. The van der Waals surface area contributed by atoms with Gasteiger partial charge in [-0.15, -0.1) is 0 Å². The average Bonchev–Trinajstić information content (AvgIpc) is 2.51. The Morgan fingerprint density at radius 3 is 2.48 bits per heavy atom. The van der Waals surface area contributed by atoms with Crippen molar-refractivity contribution in [2.24, 2.45) is 0 Å². The fourth-order valence-corrected chi connectivity index (χ4v) is 2.24. The number of hydrogen-bond acceptors (Lipinski definition) is 3. The van der Waals surface area contributed by atoms with Crippen molar-refractivity contribution in [1.82, 2.24) is 5.32 Å². The number of fused-ring (bicyclic) bond motifs is 1. The molecule has 0 spiro atoms. The number of alkyl halides is 3. The summed E-state index contributed by atoms with van der Waals surface area (Å²) >= 11 is 16.4. The van der Waals surface area contributed by atoms with Crippen molar-refractivity contribution < 1.29 is 14.3 Å². The molecule has 0 fully saturated rings. The van der Waals surface area contributed by atoms with Gasteiger partial charge in [0.15, 0.2) is 5.78 Å². The van der Waals surface area contributed by atoms with Gasteiger partial charge in [-0.25, -0.2) is 4.79 Å². The van der Waals surface area contributed by atoms with Gasteiger partial charge in [0.2, 0.25) is 3.79 Å². The Balaban J connectivity index is 1.89. The second-order valence-electron chi connectivity index (χ2n) is 4.82. The van der Waals surface area contributed by atoms with Crippen molar-refractivity contribution in [2.45, 2.75) is 10.2 Å². The fraction of sp³-hybridized carbons (Fsp3) is 0.250. The maximum Gasteiger partial charge on any atom is 0.407 e. The molecule has 0 aliphatic heterocycles. The van der Waals surface area contributed by atoms with E-state index in [-0.39, 0.29) is 25.4 Å². The summed E-state index contributed by atoms with van der Waals surface area (Å²) in [7, 11) is 0. The first-order chi connectivity index (χ1) is 10.9. The van der Waals surface area contributed by atoms with Crippen molar-refractivity contribution in [3.8, 4) is 0 Å². The smallest absolute Gasteiger partial charge is 0.407 e. The molecule has 0 aromatic heterocycles. The number of hydrogen-bond donors (Lipinski definition) is 1. The highest BCUT2D eigenvalue weighted by molar-refractivity contribution is 6.67. The summed E-state index contributed by atoms with van der Waals surface area (Å²) in [5.74, 6) is -0.0662. The normalized spacial score (nSPS) is 11.3. The predicted molar refractivity (Wildman–Crippen MR) is 92.5 cm³/mol. The van der Waals surface area contributed by atoms with E-state index in [4.69, 9.17) is 39.5 Å². The first-order valence-electron chi connectivity index (χ1n) is 6.85. The SMILES string of the molecule is O=C(NCCC(=O)c1cccc2ccccc12)OCC(Cl)(Cl)Cl. The zero-order valence-electron chi connectivity index (χ0n) is 12.0. The predicted octanol–water partition coefficient (Wildman–Crippen LogP) is 4.51. The van der Waals surface area contributed by atoms with Gasteiger partial charge in [0.1, 0.15) is 6.61 Å². The van der Waals surface area contributed by atoms with Gasteiger partial charge in [-0.3, -0.25) is 4.79 Å². The van der Waals surface area contributed by atoms with E-state index in [0.29, 0.717) is 5.56 Å². The fourth-order valence-electron chi connectivity index (χ4n) is 2.08. The summed E-state index contributed by atoms with van der Waals surface area (Å²) < 4.78 is 3.05. The Hall–Kier alpha value is -1.49. The Labute approximate surface area is 148 Å². The monoisotopic (exact) mass is 373 g/mol. The van der Waals surface area contributed by atoms with Gasteiger partial charge in [-0.05, 0) is 10.8 Å². The number of halogens is 3. The number of ketones is 1. The van der Waals surface area contributed by atoms with Crippen LogP contribution in [0.2, 0.25) is 0 Å². The Bertz CT molecular complexity index is 708. The van der Waals surface area contributed by atoms with Gasteiger partial charge in [0, 0.05) is 18.5 Å². The third kappa shape index (κ3) is 5.57. The number of nitrogens with one attached hydrogen (secondary N) is 1. The van der Waals surface area contributed by atoms with E-state index < -0.39 is 9.89 Å². The molecule has 23 heavy (non-hydrogen) atoms. The minimum Gasteiger partial charge on any atom is -0.445 e. The van der Waals surface area contributed by atoms with Gasteiger partial charge in [-0.1, -0.05) is 77.3 Å². The molecule has 0 saturated carbocycles. The maximum absolute atomic E-state index is 12.3. The molecule has 4 nitrogen and oxygen atoms in total. The number of alkyl carbamates (subject to hydrolysis) is 1. The molecule has 0 aliphatic carbocycles. The van der Waals surface area contributed by atoms with Crippen LogP contribution >= 0.6 is 34.8 Å². The van der Waals surface area contributed by atoms with Crippen LogP contribution in [0.5, 0.6) is 0 Å². The van der Waals surface area contributed by atoms with Gasteiger partial charge >= 0.3 is 6.09 Å². The second kappa shape index (κ2) is 7.86. The van der Waals surface area contributed by atoms with Gasteiger partial charge in [0.25, 0.3) is 0 Å². The van der Waals surface area contributed by atoms with Gasteiger partial charge in [-0.2, -0.15) is 0 Å². The number of amides is 1. The highest BCUT2D eigenvalue weighted by Gasteiger charge is 2.22. The molecule has 2 aromatic carbocycles. The molecule has 0 bridgehead atoms. The number of carbonyl (C=O) groups excluding carboxylic acids is 2. The molecule has 0 atom stereocenters. The molecule has 0 aliphatic rings. The van der Waals surface area contributed by atoms with Crippen LogP contribution < -0.4 is 5.32 Å². The summed E-state index contributed by atoms with van der Waals surface area (Å²) in [4.78, 5) is 23.7. The lowest BCUT2D eigenvalue weighted by atomic mass is 10.00. The lowest BCUT2D eigenvalue weighted by Crippen LogP contribution is -2.29. The molecule has 0 radical (unpaired) electrons. The van der Waals surface area contributed by atoms with Crippen LogP contribution in [-0.2, 0) is 4.74 Å². The third-order valence-electron chi connectivity index (χ3n) is 3.08. The minimum atomic E-state index is -1.66. The van der Waals surface area contributed by atoms with Crippen molar-refractivity contribution in [2.75, 3.05) is 13.2 Å². The van der Waals surface area contributed by atoms with E-state index in [1.165, 1.54) is 0 Å². The molecule has 0 heterocycles. The summed E-state index contributed by atoms with van der Waals surface area (Å²) in [6.07, 6.45) is -0.585. The van der Waals surface area contributed by atoms with Gasteiger partial charge in [0.05, 0.1) is 0 Å². The maximum atomic E-state index is 12.3. The molecular weight excluding hydrogens is 361 g/mol. The van der Waals surface area contributed by atoms with E-state index in [1.807, 2.05) is 36.4 Å². The van der Waals surface area contributed by atoms with Crippen LogP contribution in [0.4, 0.5) is 4.79 Å². The molecule has 122 valence electrons. The molecule has 2 rings (SSSR count). The number of ether oxygens (including phenoxy) is 1. The topological polar surface area (TPSA) is 55.4 Å². The van der Waals surface area contributed by atoms with E-state index in [2.05, 4.69) is 5.32 Å². The van der Waals surface area contributed by atoms with Crippen LogP contribution in [0.15, 0.2) is 42.5 Å². The molecule has 0 saturated heterocycles. The first-order valence-corrected chi connectivity index (χ1v) is 7.98. The molecule has 0 unspecified atom stereocenters. The van der Waals surface area contributed by atoms with Crippen molar-refractivity contribution >= 4 is 57.5 Å². The van der Waals surface area contributed by atoms with Crippen LogP contribution in [0.1, 0.15) is 16.8 Å². The zero-order valence-corrected chi connectivity index (χ0v) is 14.3. The van der Waals surface area contributed by atoms with Crippen LogP contribution in [0, 0.1) is 0 Å². The Morgan fingerprint density at radius 1 is 1.04 bits per heavy atom. The van der Waals surface area contributed by atoms with E-state index in [9.17, 15) is 9.59 Å². The van der Waals surface area contributed by atoms with Crippen molar-refractivity contribution in [1.29, 1.82) is 0 Å². The minimum absolute atomic E-state index is 0.0662. The average molecular weight is 375 g/mol. The number of carbonyl (C=O) groups is 2. The molecule has 2 aromatic rings. The second-order valence-corrected chi connectivity index (χ2v) is 7.33. The quantitative estimate of drug-likeness (QED) is 0.619. The number of rotatable bonds is 5. The Kier molecular flexibility index (Phi) is 6.10.